The first kappa shape index (κ1) is 19.2. The van der Waals surface area contributed by atoms with Gasteiger partial charge in [-0.3, -0.25) is 9.59 Å². The predicted molar refractivity (Wildman–Crippen MR) is 102 cm³/mol. The Kier molecular flexibility index (Phi) is 6.97. The minimum atomic E-state index is -0.712. The van der Waals surface area contributed by atoms with Crippen LogP contribution < -0.4 is 10.1 Å². The van der Waals surface area contributed by atoms with Crippen LogP contribution in [0.1, 0.15) is 24.1 Å². The molecule has 0 aliphatic carbocycles. The van der Waals surface area contributed by atoms with E-state index in [0.717, 1.165) is 16.9 Å². The minimum absolute atomic E-state index is 0.177. The second kappa shape index (κ2) is 9.42. The van der Waals surface area contributed by atoms with E-state index in [2.05, 4.69) is 11.9 Å². The lowest BCUT2D eigenvalue weighted by atomic mass is 10.0. The number of hydrogen-bond donors (Lipinski definition) is 1. The molecule has 0 aliphatic heterocycles. The van der Waals surface area contributed by atoms with E-state index in [1.54, 1.807) is 18.1 Å². The van der Waals surface area contributed by atoms with Crippen LogP contribution in [-0.4, -0.2) is 30.4 Å². The van der Waals surface area contributed by atoms with Gasteiger partial charge in [-0.15, -0.1) is 6.58 Å². The SMILES string of the molecule is C=CCNC(=O)[C@H](c1ccccc1)N(Cc1ccc(OC)cc1)C(C)=O. The van der Waals surface area contributed by atoms with Crippen molar-refractivity contribution in [1.29, 1.82) is 0 Å². The number of benzene rings is 2. The molecule has 5 heteroatoms. The average molecular weight is 352 g/mol. The fraction of sp³-hybridized carbons (Fsp3) is 0.238. The molecule has 0 aliphatic rings. The van der Waals surface area contributed by atoms with Gasteiger partial charge in [0.2, 0.25) is 11.8 Å². The molecule has 2 amide bonds. The third-order valence-electron chi connectivity index (χ3n) is 4.01. The Morgan fingerprint density at radius 1 is 1.15 bits per heavy atom. The van der Waals surface area contributed by atoms with E-state index in [9.17, 15) is 9.59 Å². The number of nitrogens with one attached hydrogen (secondary N) is 1. The number of rotatable bonds is 8. The highest BCUT2D eigenvalue weighted by Gasteiger charge is 2.29. The van der Waals surface area contributed by atoms with E-state index in [4.69, 9.17) is 4.74 Å². The van der Waals surface area contributed by atoms with Crippen LogP contribution in [0.4, 0.5) is 0 Å². The Balaban J connectivity index is 2.34. The maximum Gasteiger partial charge on any atom is 0.247 e. The van der Waals surface area contributed by atoms with E-state index in [1.807, 2.05) is 54.6 Å². The molecule has 0 bridgehead atoms. The van der Waals surface area contributed by atoms with Crippen molar-refractivity contribution < 1.29 is 14.3 Å². The highest BCUT2D eigenvalue weighted by molar-refractivity contribution is 5.88. The van der Waals surface area contributed by atoms with Crippen LogP contribution in [0.3, 0.4) is 0 Å². The van der Waals surface area contributed by atoms with Crippen molar-refractivity contribution >= 4 is 11.8 Å². The number of carbonyl (C=O) groups is 2. The number of amides is 2. The fourth-order valence-electron chi connectivity index (χ4n) is 2.69. The summed E-state index contributed by atoms with van der Waals surface area (Å²) >= 11 is 0. The van der Waals surface area contributed by atoms with Gasteiger partial charge in [0.1, 0.15) is 11.8 Å². The Labute approximate surface area is 154 Å². The summed E-state index contributed by atoms with van der Waals surface area (Å²) in [7, 11) is 1.60. The molecule has 2 aromatic carbocycles. The van der Waals surface area contributed by atoms with Crippen molar-refractivity contribution in [2.75, 3.05) is 13.7 Å². The van der Waals surface area contributed by atoms with E-state index in [0.29, 0.717) is 13.1 Å². The molecular formula is C21H24N2O3. The topological polar surface area (TPSA) is 58.6 Å². The number of carbonyl (C=O) groups excluding carboxylic acids is 2. The second-order valence-corrected chi connectivity index (χ2v) is 5.84. The molecular weight excluding hydrogens is 328 g/mol. The number of ether oxygens (including phenoxy) is 1. The number of nitrogens with zero attached hydrogens (tertiary/aromatic N) is 1. The van der Waals surface area contributed by atoms with Gasteiger partial charge >= 0.3 is 0 Å². The van der Waals surface area contributed by atoms with Crippen molar-refractivity contribution in [3.8, 4) is 5.75 Å². The number of methoxy groups -OCH3 is 1. The van der Waals surface area contributed by atoms with Crippen LogP contribution in [0, 0.1) is 0 Å². The smallest absolute Gasteiger partial charge is 0.247 e. The highest BCUT2D eigenvalue weighted by Crippen LogP contribution is 2.24. The Bertz CT molecular complexity index is 742. The maximum atomic E-state index is 12.8. The Morgan fingerprint density at radius 3 is 2.35 bits per heavy atom. The molecule has 1 atom stereocenters. The van der Waals surface area contributed by atoms with Crippen molar-refractivity contribution in [3.63, 3.8) is 0 Å². The van der Waals surface area contributed by atoms with Crippen molar-refractivity contribution in [2.45, 2.75) is 19.5 Å². The predicted octanol–water partition coefficient (Wildman–Crippen LogP) is 3.09. The van der Waals surface area contributed by atoms with Crippen LogP contribution in [0.2, 0.25) is 0 Å². The van der Waals surface area contributed by atoms with Crippen LogP contribution in [0.15, 0.2) is 67.3 Å². The lowest BCUT2D eigenvalue weighted by Gasteiger charge is -2.30. The summed E-state index contributed by atoms with van der Waals surface area (Å²) in [5.41, 5.74) is 1.68. The van der Waals surface area contributed by atoms with Gasteiger partial charge in [-0.1, -0.05) is 48.5 Å². The highest BCUT2D eigenvalue weighted by atomic mass is 16.5. The molecule has 0 spiro atoms. The van der Waals surface area contributed by atoms with Gasteiger partial charge < -0.3 is 15.0 Å². The van der Waals surface area contributed by atoms with E-state index >= 15 is 0 Å². The molecule has 0 radical (unpaired) electrons. The van der Waals surface area contributed by atoms with Crippen LogP contribution >= 0.6 is 0 Å². The first-order valence-corrected chi connectivity index (χ1v) is 8.40. The monoisotopic (exact) mass is 352 g/mol. The van der Waals surface area contributed by atoms with Gasteiger partial charge in [-0.2, -0.15) is 0 Å². The summed E-state index contributed by atoms with van der Waals surface area (Å²) < 4.78 is 5.17. The first-order valence-electron chi connectivity index (χ1n) is 8.40. The quantitative estimate of drug-likeness (QED) is 0.743. The zero-order chi connectivity index (χ0) is 18.9. The zero-order valence-electron chi connectivity index (χ0n) is 15.1. The first-order chi connectivity index (χ1) is 12.6. The number of hydrogen-bond acceptors (Lipinski definition) is 3. The van der Waals surface area contributed by atoms with Crippen molar-refractivity contribution in [2.24, 2.45) is 0 Å². The second-order valence-electron chi connectivity index (χ2n) is 5.84. The summed E-state index contributed by atoms with van der Waals surface area (Å²) in [6, 6.07) is 16.0. The molecule has 0 saturated carbocycles. The van der Waals surface area contributed by atoms with Gasteiger partial charge in [-0.25, -0.2) is 0 Å². The largest absolute Gasteiger partial charge is 0.497 e. The lowest BCUT2D eigenvalue weighted by molar-refractivity contribution is -0.139. The zero-order valence-corrected chi connectivity index (χ0v) is 15.1. The van der Waals surface area contributed by atoms with Gasteiger partial charge in [0.15, 0.2) is 0 Å². The fourth-order valence-corrected chi connectivity index (χ4v) is 2.69. The van der Waals surface area contributed by atoms with Gasteiger partial charge in [0, 0.05) is 20.0 Å². The molecule has 5 nitrogen and oxygen atoms in total. The van der Waals surface area contributed by atoms with Crippen LogP contribution in [0.25, 0.3) is 0 Å². The normalized spacial score (nSPS) is 11.3. The average Bonchev–Trinajstić information content (AvgIpc) is 2.67. The van der Waals surface area contributed by atoms with E-state index in [1.165, 1.54) is 6.92 Å². The molecule has 2 rings (SSSR count). The molecule has 2 aromatic rings. The van der Waals surface area contributed by atoms with Crippen molar-refractivity contribution in [1.82, 2.24) is 10.2 Å². The Hall–Kier alpha value is -3.08. The molecule has 0 saturated heterocycles. The van der Waals surface area contributed by atoms with E-state index < -0.39 is 6.04 Å². The molecule has 0 heterocycles. The van der Waals surface area contributed by atoms with E-state index in [-0.39, 0.29) is 11.8 Å². The molecule has 1 N–H and O–H groups in total. The van der Waals surface area contributed by atoms with Crippen molar-refractivity contribution in [3.05, 3.63) is 78.4 Å². The summed E-state index contributed by atoms with van der Waals surface area (Å²) in [5.74, 6) is 0.328. The molecule has 0 unspecified atom stereocenters. The maximum absolute atomic E-state index is 12.8. The molecule has 0 fully saturated rings. The summed E-state index contributed by atoms with van der Waals surface area (Å²) in [6.45, 7) is 5.76. The summed E-state index contributed by atoms with van der Waals surface area (Å²) in [6.07, 6.45) is 1.61. The minimum Gasteiger partial charge on any atom is -0.497 e. The summed E-state index contributed by atoms with van der Waals surface area (Å²) in [5, 5.41) is 2.80. The Morgan fingerprint density at radius 2 is 1.81 bits per heavy atom. The van der Waals surface area contributed by atoms with Gasteiger partial charge in [0.25, 0.3) is 0 Å². The van der Waals surface area contributed by atoms with Crippen LogP contribution in [-0.2, 0) is 16.1 Å². The van der Waals surface area contributed by atoms with Gasteiger partial charge in [0.05, 0.1) is 7.11 Å². The third-order valence-corrected chi connectivity index (χ3v) is 4.01. The summed E-state index contributed by atoms with van der Waals surface area (Å²) in [4.78, 5) is 26.7. The molecule has 0 aromatic heterocycles. The lowest BCUT2D eigenvalue weighted by Crippen LogP contribution is -2.42. The third kappa shape index (κ3) is 4.96. The van der Waals surface area contributed by atoms with Crippen LogP contribution in [0.5, 0.6) is 5.75 Å². The van der Waals surface area contributed by atoms with Gasteiger partial charge in [-0.05, 0) is 23.3 Å². The molecule has 26 heavy (non-hydrogen) atoms. The molecule has 136 valence electrons. The standard InChI is InChI=1S/C21H24N2O3/c1-4-14-22-21(25)20(18-8-6-5-7-9-18)23(16(2)24)15-17-10-12-19(26-3)13-11-17/h4-13,20H,1,14-15H2,2-3H3,(H,22,25)/t20-/m0/s1.